The largest absolute Gasteiger partial charge is 0.339 e. The number of aryl methyl sites for hydroxylation is 1. The van der Waals surface area contributed by atoms with E-state index in [0.29, 0.717) is 5.82 Å². The first-order valence-corrected chi connectivity index (χ1v) is 8.70. The molecule has 2 aromatic rings. The van der Waals surface area contributed by atoms with Gasteiger partial charge in [-0.3, -0.25) is 9.89 Å². The summed E-state index contributed by atoms with van der Waals surface area (Å²) < 4.78 is 0. The number of likely N-dealkylation sites (tertiary alicyclic amines) is 1. The molecule has 0 bridgehead atoms. The molecule has 2 N–H and O–H groups in total. The third-order valence-electron chi connectivity index (χ3n) is 5.27. The van der Waals surface area contributed by atoms with Crippen LogP contribution >= 0.6 is 0 Å². The lowest BCUT2D eigenvalue weighted by Crippen LogP contribution is -2.32. The van der Waals surface area contributed by atoms with E-state index in [1.807, 2.05) is 36.1 Å². The van der Waals surface area contributed by atoms with Gasteiger partial charge in [0.05, 0.1) is 0 Å². The van der Waals surface area contributed by atoms with E-state index in [9.17, 15) is 4.79 Å². The van der Waals surface area contributed by atoms with Crippen LogP contribution in [0.4, 0.5) is 0 Å². The third kappa shape index (κ3) is 2.94. The maximum Gasteiger partial charge on any atom is 0.253 e. The van der Waals surface area contributed by atoms with Gasteiger partial charge in [0.1, 0.15) is 5.82 Å². The van der Waals surface area contributed by atoms with Gasteiger partial charge in [-0.05, 0) is 56.8 Å². The first-order valence-electron chi connectivity index (χ1n) is 8.70. The van der Waals surface area contributed by atoms with Crippen molar-refractivity contribution in [1.82, 2.24) is 25.4 Å². The molecule has 2 aliphatic heterocycles. The molecule has 0 unspecified atom stereocenters. The van der Waals surface area contributed by atoms with Crippen LogP contribution in [0.5, 0.6) is 0 Å². The van der Waals surface area contributed by atoms with E-state index in [2.05, 4.69) is 20.5 Å². The molecular weight excluding hydrogens is 302 g/mol. The van der Waals surface area contributed by atoms with Crippen LogP contribution < -0.4 is 5.32 Å². The van der Waals surface area contributed by atoms with Crippen LogP contribution in [-0.2, 0) is 0 Å². The minimum Gasteiger partial charge on any atom is -0.339 e. The second-order valence-electron chi connectivity index (χ2n) is 6.87. The maximum atomic E-state index is 12.9. The standard InChI is InChI=1S/C18H23N5O/c1-12-20-17(22-21-12)13-3-2-4-14(9-13)18(24)23-7-5-15-10-19-11-16(15)6-8-23/h2-4,9,15-16,19H,5-8,10-11H2,1H3,(H,20,21,22)/t15-,16+. The van der Waals surface area contributed by atoms with Gasteiger partial charge in [-0.25, -0.2) is 4.98 Å². The lowest BCUT2D eigenvalue weighted by Gasteiger charge is -2.21. The number of amides is 1. The highest BCUT2D eigenvalue weighted by Crippen LogP contribution is 2.28. The molecule has 126 valence electrons. The number of fused-ring (bicyclic) bond motifs is 1. The second kappa shape index (κ2) is 6.36. The van der Waals surface area contributed by atoms with Crippen molar-refractivity contribution in [3.8, 4) is 11.4 Å². The molecule has 6 nitrogen and oxygen atoms in total. The van der Waals surface area contributed by atoms with Gasteiger partial charge in [-0.15, -0.1) is 0 Å². The van der Waals surface area contributed by atoms with Crippen molar-refractivity contribution < 1.29 is 4.79 Å². The first kappa shape index (κ1) is 15.3. The van der Waals surface area contributed by atoms with Gasteiger partial charge >= 0.3 is 0 Å². The lowest BCUT2D eigenvalue weighted by atomic mass is 9.92. The van der Waals surface area contributed by atoms with Gasteiger partial charge in [-0.1, -0.05) is 12.1 Å². The van der Waals surface area contributed by atoms with Crippen molar-refractivity contribution in [1.29, 1.82) is 0 Å². The Balaban J connectivity index is 1.52. The van der Waals surface area contributed by atoms with Crippen LogP contribution in [0.25, 0.3) is 11.4 Å². The average molecular weight is 325 g/mol. The molecule has 2 atom stereocenters. The number of carbonyl (C=O) groups excluding carboxylic acids is 1. The first-order chi connectivity index (χ1) is 11.7. The smallest absolute Gasteiger partial charge is 0.253 e. The molecular formula is C18H23N5O. The van der Waals surface area contributed by atoms with Crippen molar-refractivity contribution in [3.05, 3.63) is 35.7 Å². The lowest BCUT2D eigenvalue weighted by molar-refractivity contribution is 0.0758. The van der Waals surface area contributed by atoms with E-state index < -0.39 is 0 Å². The summed E-state index contributed by atoms with van der Waals surface area (Å²) in [6.45, 7) is 5.78. The van der Waals surface area contributed by atoms with E-state index in [1.54, 1.807) is 0 Å². The summed E-state index contributed by atoms with van der Waals surface area (Å²) in [6.07, 6.45) is 2.20. The summed E-state index contributed by atoms with van der Waals surface area (Å²) in [5, 5.41) is 10.5. The zero-order valence-corrected chi connectivity index (χ0v) is 14.0. The predicted molar refractivity (Wildman–Crippen MR) is 91.5 cm³/mol. The highest BCUT2D eigenvalue weighted by molar-refractivity contribution is 5.95. The maximum absolute atomic E-state index is 12.9. The molecule has 2 saturated heterocycles. The Morgan fingerprint density at radius 3 is 2.62 bits per heavy atom. The molecule has 0 aliphatic carbocycles. The molecule has 2 fully saturated rings. The molecule has 24 heavy (non-hydrogen) atoms. The predicted octanol–water partition coefficient (Wildman–Crippen LogP) is 1.85. The molecule has 2 aliphatic rings. The number of rotatable bonds is 2. The van der Waals surface area contributed by atoms with E-state index in [-0.39, 0.29) is 5.91 Å². The van der Waals surface area contributed by atoms with Gasteiger partial charge in [0.2, 0.25) is 0 Å². The summed E-state index contributed by atoms with van der Waals surface area (Å²) in [7, 11) is 0. The van der Waals surface area contributed by atoms with E-state index in [4.69, 9.17) is 0 Å². The Morgan fingerprint density at radius 2 is 1.96 bits per heavy atom. The fourth-order valence-electron chi connectivity index (χ4n) is 3.87. The van der Waals surface area contributed by atoms with Crippen molar-refractivity contribution >= 4 is 5.91 Å². The third-order valence-corrected chi connectivity index (χ3v) is 5.27. The van der Waals surface area contributed by atoms with Gasteiger partial charge in [-0.2, -0.15) is 5.10 Å². The van der Waals surface area contributed by atoms with Gasteiger partial charge in [0.25, 0.3) is 5.91 Å². The summed E-state index contributed by atoms with van der Waals surface area (Å²) in [5.74, 6) is 2.99. The van der Waals surface area contributed by atoms with Gasteiger partial charge in [0.15, 0.2) is 5.82 Å². The fraction of sp³-hybridized carbons (Fsp3) is 0.500. The van der Waals surface area contributed by atoms with Crippen molar-refractivity contribution in [2.75, 3.05) is 26.2 Å². The topological polar surface area (TPSA) is 73.9 Å². The van der Waals surface area contributed by atoms with E-state index in [1.165, 1.54) is 0 Å². The number of nitrogens with one attached hydrogen (secondary N) is 2. The summed E-state index contributed by atoms with van der Waals surface area (Å²) in [4.78, 5) is 19.3. The highest BCUT2D eigenvalue weighted by Gasteiger charge is 2.31. The van der Waals surface area contributed by atoms with Crippen LogP contribution in [0.3, 0.4) is 0 Å². The van der Waals surface area contributed by atoms with Gasteiger partial charge in [0, 0.05) is 24.2 Å². The number of H-pyrrole nitrogens is 1. The van der Waals surface area contributed by atoms with Crippen LogP contribution in [0.1, 0.15) is 29.0 Å². The summed E-state index contributed by atoms with van der Waals surface area (Å²) in [5.41, 5.74) is 1.60. The number of benzene rings is 1. The molecule has 0 saturated carbocycles. The number of carbonyl (C=O) groups is 1. The van der Waals surface area contributed by atoms with Crippen LogP contribution in [0, 0.1) is 18.8 Å². The Labute approximate surface area is 141 Å². The van der Waals surface area contributed by atoms with Crippen molar-refractivity contribution in [2.24, 2.45) is 11.8 Å². The second-order valence-corrected chi connectivity index (χ2v) is 6.87. The Kier molecular flexibility index (Phi) is 4.06. The molecule has 6 heteroatoms. The SMILES string of the molecule is Cc1nc(-c2cccc(C(=O)N3CC[C@@H]4CNC[C@@H]4CC3)c2)n[nH]1. The Hall–Kier alpha value is -2.21. The zero-order valence-electron chi connectivity index (χ0n) is 14.0. The fourth-order valence-corrected chi connectivity index (χ4v) is 3.87. The number of aromatic nitrogens is 3. The number of nitrogens with zero attached hydrogens (tertiary/aromatic N) is 3. The monoisotopic (exact) mass is 325 g/mol. The molecule has 0 radical (unpaired) electrons. The number of aromatic amines is 1. The highest BCUT2D eigenvalue weighted by atomic mass is 16.2. The normalized spacial score (nSPS) is 23.8. The number of hydrogen-bond donors (Lipinski definition) is 2. The quantitative estimate of drug-likeness (QED) is 0.884. The number of hydrogen-bond acceptors (Lipinski definition) is 4. The molecule has 0 spiro atoms. The zero-order chi connectivity index (χ0) is 16.5. The average Bonchev–Trinajstić information content (AvgIpc) is 3.19. The van der Waals surface area contributed by atoms with E-state index >= 15 is 0 Å². The molecule has 4 rings (SSSR count). The molecule has 1 amide bonds. The van der Waals surface area contributed by atoms with E-state index in [0.717, 1.165) is 67.8 Å². The van der Waals surface area contributed by atoms with Gasteiger partial charge < -0.3 is 10.2 Å². The van der Waals surface area contributed by atoms with Crippen LogP contribution in [0.2, 0.25) is 0 Å². The Bertz CT molecular complexity index is 727. The van der Waals surface area contributed by atoms with Crippen LogP contribution in [-0.4, -0.2) is 52.2 Å². The minimum absolute atomic E-state index is 0.122. The minimum atomic E-state index is 0.122. The summed E-state index contributed by atoms with van der Waals surface area (Å²) >= 11 is 0. The molecule has 1 aromatic carbocycles. The van der Waals surface area contributed by atoms with Crippen molar-refractivity contribution in [2.45, 2.75) is 19.8 Å². The summed E-state index contributed by atoms with van der Waals surface area (Å²) in [6, 6.07) is 7.64. The van der Waals surface area contributed by atoms with Crippen molar-refractivity contribution in [3.63, 3.8) is 0 Å². The van der Waals surface area contributed by atoms with Crippen LogP contribution in [0.15, 0.2) is 24.3 Å². The molecule has 3 heterocycles. The Morgan fingerprint density at radius 1 is 1.21 bits per heavy atom. The molecule has 1 aromatic heterocycles.